The van der Waals surface area contributed by atoms with Crippen LogP contribution in [0.15, 0.2) is 12.1 Å². The first kappa shape index (κ1) is 12.7. The summed E-state index contributed by atoms with van der Waals surface area (Å²) in [5.74, 6) is 0.136. The number of alkyl halides is 1. The predicted molar refractivity (Wildman–Crippen MR) is 66.1 cm³/mol. The molecule has 1 unspecified atom stereocenters. The van der Waals surface area contributed by atoms with Crippen molar-refractivity contribution in [3.05, 3.63) is 17.8 Å². The summed E-state index contributed by atoms with van der Waals surface area (Å²) in [5.41, 5.74) is -0.996. The quantitative estimate of drug-likeness (QED) is 0.781. The number of nitrogens with zero attached hydrogens (tertiary/aromatic N) is 4. The second-order valence-electron chi connectivity index (χ2n) is 4.87. The van der Waals surface area contributed by atoms with Crippen LogP contribution in [0.5, 0.6) is 0 Å². The summed E-state index contributed by atoms with van der Waals surface area (Å²) in [6.45, 7) is 2.37. The van der Waals surface area contributed by atoms with Gasteiger partial charge in [0, 0.05) is 27.1 Å². The van der Waals surface area contributed by atoms with E-state index in [4.69, 9.17) is 0 Å². The molecule has 2 rings (SSSR count). The number of aryl methyl sites for hydroxylation is 1. The highest BCUT2D eigenvalue weighted by molar-refractivity contribution is 5.86. The monoisotopic (exact) mass is 252 g/mol. The molecule has 1 fully saturated rings. The number of aromatic nitrogens is 2. The molecule has 1 aromatic rings. The molecule has 98 valence electrons. The fraction of sp³-hybridized carbons (Fsp3) is 0.583. The predicted octanol–water partition coefficient (Wildman–Crippen LogP) is 0.792. The molecule has 0 aromatic carbocycles. The zero-order valence-corrected chi connectivity index (χ0v) is 10.9. The first-order chi connectivity index (χ1) is 8.42. The van der Waals surface area contributed by atoms with Crippen LogP contribution >= 0.6 is 0 Å². The Labute approximate surface area is 106 Å². The third-order valence-corrected chi connectivity index (χ3v) is 3.12. The number of carbonyl (C=O) groups is 1. The minimum absolute atomic E-state index is 0.0434. The highest BCUT2D eigenvalue weighted by atomic mass is 19.1. The average molecular weight is 252 g/mol. The Morgan fingerprint density at radius 1 is 1.44 bits per heavy atom. The van der Waals surface area contributed by atoms with Crippen LogP contribution in [0, 0.1) is 6.92 Å². The molecule has 1 aromatic heterocycles. The third-order valence-electron chi connectivity index (χ3n) is 3.12. The van der Waals surface area contributed by atoms with Crippen LogP contribution < -0.4 is 4.90 Å². The molecule has 0 saturated carbocycles. The maximum absolute atomic E-state index is 14.5. The number of rotatable bonds is 2. The normalized spacial score (nSPS) is 23.2. The standard InChI is InChI=1S/C12H17FN4O/c1-9-4-5-10(15-14-9)17-7-6-12(13,8-17)11(18)16(2)3/h4-5H,6-8H2,1-3H3. The van der Waals surface area contributed by atoms with Gasteiger partial charge in [-0.15, -0.1) is 5.10 Å². The van der Waals surface area contributed by atoms with Crippen molar-refractivity contribution >= 4 is 11.7 Å². The van der Waals surface area contributed by atoms with E-state index >= 15 is 0 Å². The van der Waals surface area contributed by atoms with Crippen LogP contribution in [0.3, 0.4) is 0 Å². The Morgan fingerprint density at radius 3 is 2.72 bits per heavy atom. The molecule has 0 radical (unpaired) electrons. The van der Waals surface area contributed by atoms with Crippen LogP contribution in [0.25, 0.3) is 0 Å². The van der Waals surface area contributed by atoms with Crippen molar-refractivity contribution in [2.75, 3.05) is 32.1 Å². The van der Waals surface area contributed by atoms with E-state index in [-0.39, 0.29) is 13.0 Å². The molecule has 1 saturated heterocycles. The van der Waals surface area contributed by atoms with Gasteiger partial charge in [0.05, 0.1) is 12.2 Å². The van der Waals surface area contributed by atoms with Gasteiger partial charge in [-0.2, -0.15) is 5.10 Å². The number of amides is 1. The van der Waals surface area contributed by atoms with E-state index in [0.717, 1.165) is 5.69 Å². The van der Waals surface area contributed by atoms with Crippen LogP contribution in [0.4, 0.5) is 10.2 Å². The summed E-state index contributed by atoms with van der Waals surface area (Å²) in [7, 11) is 3.13. The van der Waals surface area contributed by atoms with Crippen LogP contribution in [0.2, 0.25) is 0 Å². The molecular weight excluding hydrogens is 235 g/mol. The summed E-state index contributed by atoms with van der Waals surface area (Å²) >= 11 is 0. The first-order valence-corrected chi connectivity index (χ1v) is 5.88. The molecule has 1 aliphatic heterocycles. The molecule has 0 N–H and O–H groups in total. The molecule has 18 heavy (non-hydrogen) atoms. The van der Waals surface area contributed by atoms with Gasteiger partial charge in [-0.1, -0.05) is 0 Å². The Bertz CT molecular complexity index is 448. The van der Waals surface area contributed by atoms with E-state index in [2.05, 4.69) is 10.2 Å². The van der Waals surface area contributed by atoms with Crippen molar-refractivity contribution in [3.63, 3.8) is 0 Å². The number of carbonyl (C=O) groups excluding carboxylic acids is 1. The number of halogens is 1. The van der Waals surface area contributed by atoms with Gasteiger partial charge < -0.3 is 9.80 Å². The van der Waals surface area contributed by atoms with E-state index in [1.54, 1.807) is 25.1 Å². The summed E-state index contributed by atoms with van der Waals surface area (Å²) in [6, 6.07) is 3.63. The van der Waals surface area contributed by atoms with Gasteiger partial charge in [0.2, 0.25) is 5.67 Å². The molecule has 1 amide bonds. The van der Waals surface area contributed by atoms with Gasteiger partial charge in [-0.25, -0.2) is 4.39 Å². The molecule has 1 aliphatic rings. The molecular formula is C12H17FN4O. The maximum Gasteiger partial charge on any atom is 0.261 e. The van der Waals surface area contributed by atoms with Crippen molar-refractivity contribution in [2.24, 2.45) is 0 Å². The van der Waals surface area contributed by atoms with E-state index in [9.17, 15) is 9.18 Å². The zero-order chi connectivity index (χ0) is 13.3. The number of anilines is 1. The minimum atomic E-state index is -1.81. The van der Waals surface area contributed by atoms with Crippen molar-refractivity contribution in [2.45, 2.75) is 19.0 Å². The van der Waals surface area contributed by atoms with E-state index in [1.165, 1.54) is 4.90 Å². The first-order valence-electron chi connectivity index (χ1n) is 5.88. The number of hydrogen-bond acceptors (Lipinski definition) is 4. The summed E-state index contributed by atoms with van der Waals surface area (Å²) in [5, 5.41) is 7.96. The lowest BCUT2D eigenvalue weighted by molar-refractivity contribution is -0.139. The third kappa shape index (κ3) is 2.27. The van der Waals surface area contributed by atoms with Gasteiger partial charge in [-0.05, 0) is 19.1 Å². The SMILES string of the molecule is Cc1ccc(N2CCC(F)(C(=O)N(C)C)C2)nn1. The summed E-state index contributed by atoms with van der Waals surface area (Å²) < 4.78 is 14.5. The molecule has 1 atom stereocenters. The Morgan fingerprint density at radius 2 is 2.17 bits per heavy atom. The summed E-state index contributed by atoms with van der Waals surface area (Å²) in [6.07, 6.45) is 0.194. The van der Waals surface area contributed by atoms with E-state index in [1.807, 2.05) is 13.0 Å². The van der Waals surface area contributed by atoms with Gasteiger partial charge in [0.15, 0.2) is 5.82 Å². The van der Waals surface area contributed by atoms with Crippen molar-refractivity contribution in [1.29, 1.82) is 0 Å². The second kappa shape index (κ2) is 4.51. The average Bonchev–Trinajstić information content (AvgIpc) is 2.73. The minimum Gasteiger partial charge on any atom is -0.351 e. The largest absolute Gasteiger partial charge is 0.351 e. The maximum atomic E-state index is 14.5. The lowest BCUT2D eigenvalue weighted by Crippen LogP contribution is -2.44. The Balaban J connectivity index is 2.13. The second-order valence-corrected chi connectivity index (χ2v) is 4.87. The Hall–Kier alpha value is -1.72. The molecule has 0 aliphatic carbocycles. The van der Waals surface area contributed by atoms with Crippen molar-refractivity contribution in [3.8, 4) is 0 Å². The lowest BCUT2D eigenvalue weighted by atomic mass is 10.0. The molecule has 6 heteroatoms. The lowest BCUT2D eigenvalue weighted by Gasteiger charge is -2.23. The number of hydrogen-bond donors (Lipinski definition) is 0. The van der Waals surface area contributed by atoms with Crippen molar-refractivity contribution in [1.82, 2.24) is 15.1 Å². The highest BCUT2D eigenvalue weighted by Crippen LogP contribution is 2.29. The topological polar surface area (TPSA) is 49.3 Å². The fourth-order valence-electron chi connectivity index (χ4n) is 2.10. The molecule has 0 spiro atoms. The van der Waals surface area contributed by atoms with Crippen molar-refractivity contribution < 1.29 is 9.18 Å². The molecule has 0 bridgehead atoms. The zero-order valence-electron chi connectivity index (χ0n) is 10.9. The Kier molecular flexibility index (Phi) is 3.19. The molecule has 5 nitrogen and oxygen atoms in total. The smallest absolute Gasteiger partial charge is 0.261 e. The summed E-state index contributed by atoms with van der Waals surface area (Å²) in [4.78, 5) is 14.8. The van der Waals surface area contributed by atoms with E-state index in [0.29, 0.717) is 12.4 Å². The van der Waals surface area contributed by atoms with Crippen LogP contribution in [-0.2, 0) is 4.79 Å². The van der Waals surface area contributed by atoms with Crippen LogP contribution in [-0.4, -0.2) is 53.9 Å². The van der Waals surface area contributed by atoms with Gasteiger partial charge in [0.25, 0.3) is 5.91 Å². The highest BCUT2D eigenvalue weighted by Gasteiger charge is 2.46. The van der Waals surface area contributed by atoms with Crippen LogP contribution in [0.1, 0.15) is 12.1 Å². The van der Waals surface area contributed by atoms with Gasteiger partial charge >= 0.3 is 0 Å². The fourth-order valence-corrected chi connectivity index (χ4v) is 2.10. The van der Waals surface area contributed by atoms with Gasteiger partial charge in [0.1, 0.15) is 0 Å². The van der Waals surface area contributed by atoms with Gasteiger partial charge in [-0.3, -0.25) is 4.79 Å². The molecule has 2 heterocycles. The van der Waals surface area contributed by atoms with E-state index < -0.39 is 11.6 Å².